The second-order valence-corrected chi connectivity index (χ2v) is 4.94. The minimum atomic E-state index is -0.840. The van der Waals surface area contributed by atoms with Gasteiger partial charge in [-0.3, -0.25) is 0 Å². The first-order valence-corrected chi connectivity index (χ1v) is 6.03. The number of rotatable bonds is 3. The van der Waals surface area contributed by atoms with Crippen LogP contribution in [-0.2, 0) is 9.53 Å². The molecule has 0 unspecified atom stereocenters. The molecular weight excluding hydrogens is 261 g/mol. The maximum Gasteiger partial charge on any atom is 0.219 e. The monoisotopic (exact) mass is 271 g/mol. The van der Waals surface area contributed by atoms with Crippen LogP contribution in [0.15, 0.2) is 29.3 Å². The van der Waals surface area contributed by atoms with E-state index < -0.39 is 17.0 Å². The van der Waals surface area contributed by atoms with Gasteiger partial charge in [0.1, 0.15) is 12.3 Å². The molecule has 0 amide bonds. The van der Waals surface area contributed by atoms with Crippen molar-refractivity contribution in [1.82, 2.24) is 0 Å². The predicted molar refractivity (Wildman–Crippen MR) is 67.8 cm³/mol. The van der Waals surface area contributed by atoms with Crippen LogP contribution < -0.4 is 0 Å². The van der Waals surface area contributed by atoms with Crippen LogP contribution in [0.3, 0.4) is 0 Å². The number of hydrogen-bond acceptors (Lipinski definition) is 3. The van der Waals surface area contributed by atoms with E-state index in [-0.39, 0.29) is 5.90 Å². The Kier molecular flexibility index (Phi) is 3.69. The summed E-state index contributed by atoms with van der Waals surface area (Å²) in [6.45, 7) is 1.99. The van der Waals surface area contributed by atoms with Gasteiger partial charge >= 0.3 is 0 Å². The Balaban J connectivity index is 2.23. The fraction of sp³-hybridized carbons (Fsp3) is 0.333. The van der Waals surface area contributed by atoms with Gasteiger partial charge in [0.05, 0.1) is 0 Å². The van der Waals surface area contributed by atoms with E-state index in [2.05, 4.69) is 4.99 Å². The molecular formula is C12H11Cl2NO2. The third-order valence-electron chi connectivity index (χ3n) is 2.57. The van der Waals surface area contributed by atoms with E-state index in [1.54, 1.807) is 0 Å². The highest BCUT2D eigenvalue weighted by atomic mass is 35.5. The lowest BCUT2D eigenvalue weighted by Gasteiger charge is -2.14. The molecule has 1 aromatic carbocycles. The SMILES string of the molecule is Cc1ccc([C@H]2OC(C(Cl)Cl)=N[C@H]2C=O)cc1. The van der Waals surface area contributed by atoms with Crippen LogP contribution in [0.4, 0.5) is 0 Å². The van der Waals surface area contributed by atoms with Gasteiger partial charge in [-0.25, -0.2) is 4.99 Å². The quantitative estimate of drug-likeness (QED) is 0.627. The number of ether oxygens (including phenoxy) is 1. The maximum absolute atomic E-state index is 11.0. The van der Waals surface area contributed by atoms with E-state index in [0.29, 0.717) is 0 Å². The highest BCUT2D eigenvalue weighted by Crippen LogP contribution is 2.30. The van der Waals surface area contributed by atoms with Crippen molar-refractivity contribution < 1.29 is 9.53 Å². The predicted octanol–water partition coefficient (Wildman–Crippen LogP) is 2.84. The van der Waals surface area contributed by atoms with Crippen molar-refractivity contribution in [3.8, 4) is 0 Å². The van der Waals surface area contributed by atoms with Crippen LogP contribution in [0.1, 0.15) is 17.2 Å². The minimum absolute atomic E-state index is 0.205. The highest BCUT2D eigenvalue weighted by molar-refractivity contribution is 6.53. The normalized spacial score (nSPS) is 23.4. The zero-order chi connectivity index (χ0) is 12.4. The molecule has 0 saturated heterocycles. The second-order valence-electron chi connectivity index (χ2n) is 3.84. The van der Waals surface area contributed by atoms with E-state index in [4.69, 9.17) is 27.9 Å². The summed E-state index contributed by atoms with van der Waals surface area (Å²) in [6, 6.07) is 7.15. The number of hydrogen-bond donors (Lipinski definition) is 0. The Morgan fingerprint density at radius 3 is 2.53 bits per heavy atom. The second kappa shape index (κ2) is 5.07. The summed E-state index contributed by atoms with van der Waals surface area (Å²) in [5, 5.41) is 0. The molecule has 1 aromatic rings. The van der Waals surface area contributed by atoms with E-state index in [0.717, 1.165) is 17.4 Å². The number of alkyl halides is 2. The Hall–Kier alpha value is -1.06. The number of carbonyl (C=O) groups is 1. The molecule has 2 rings (SSSR count). The Morgan fingerprint density at radius 1 is 1.35 bits per heavy atom. The summed E-state index contributed by atoms with van der Waals surface area (Å²) in [4.78, 5) is 14.2. The molecule has 1 aliphatic rings. The molecule has 0 fully saturated rings. The number of aldehydes is 1. The van der Waals surface area contributed by atoms with Gasteiger partial charge in [0, 0.05) is 0 Å². The third-order valence-corrected chi connectivity index (χ3v) is 2.94. The number of aryl methyl sites for hydroxylation is 1. The summed E-state index contributed by atoms with van der Waals surface area (Å²) in [6.07, 6.45) is 0.316. The minimum Gasteiger partial charge on any atom is -0.468 e. The van der Waals surface area contributed by atoms with Crippen molar-refractivity contribution in [2.45, 2.75) is 23.9 Å². The molecule has 3 nitrogen and oxygen atoms in total. The van der Waals surface area contributed by atoms with Crippen molar-refractivity contribution in [2.75, 3.05) is 0 Å². The number of carbonyl (C=O) groups excluding carboxylic acids is 1. The Morgan fingerprint density at radius 2 is 2.00 bits per heavy atom. The number of aliphatic imine (C=N–C) groups is 1. The van der Waals surface area contributed by atoms with Gasteiger partial charge in [-0.15, -0.1) is 0 Å². The third kappa shape index (κ3) is 2.61. The Bertz CT molecular complexity index is 442. The summed E-state index contributed by atoms with van der Waals surface area (Å²) in [5.41, 5.74) is 2.03. The standard InChI is InChI=1S/C12H11Cl2NO2/c1-7-2-4-8(5-3-7)10-9(6-16)15-12(17-10)11(13)14/h2-6,9-11H,1H3/t9-,10+/m0/s1. The molecule has 0 spiro atoms. The Labute approximate surface area is 109 Å². The largest absolute Gasteiger partial charge is 0.468 e. The number of halogens is 2. The van der Waals surface area contributed by atoms with Crippen molar-refractivity contribution in [3.05, 3.63) is 35.4 Å². The van der Waals surface area contributed by atoms with Crippen molar-refractivity contribution >= 4 is 35.4 Å². The average Bonchev–Trinajstić information content (AvgIpc) is 2.74. The maximum atomic E-state index is 11.0. The van der Waals surface area contributed by atoms with Gasteiger partial charge < -0.3 is 9.53 Å². The molecule has 90 valence electrons. The summed E-state index contributed by atoms with van der Waals surface area (Å²) in [5.74, 6) is 0.205. The van der Waals surface area contributed by atoms with Crippen LogP contribution in [0.2, 0.25) is 0 Å². The van der Waals surface area contributed by atoms with Gasteiger partial charge in [0.15, 0.2) is 10.9 Å². The van der Waals surface area contributed by atoms with Crippen LogP contribution in [0, 0.1) is 6.92 Å². The molecule has 1 heterocycles. The van der Waals surface area contributed by atoms with Crippen LogP contribution >= 0.6 is 23.2 Å². The molecule has 0 aromatic heterocycles. The van der Waals surface area contributed by atoms with Crippen molar-refractivity contribution in [3.63, 3.8) is 0 Å². The fourth-order valence-electron chi connectivity index (χ4n) is 1.68. The smallest absolute Gasteiger partial charge is 0.219 e. The molecule has 1 aliphatic heterocycles. The zero-order valence-electron chi connectivity index (χ0n) is 9.14. The molecule has 2 atom stereocenters. The summed E-state index contributed by atoms with van der Waals surface area (Å²) in [7, 11) is 0. The van der Waals surface area contributed by atoms with Crippen LogP contribution in [0.5, 0.6) is 0 Å². The lowest BCUT2D eigenvalue weighted by molar-refractivity contribution is -0.110. The topological polar surface area (TPSA) is 38.7 Å². The fourth-order valence-corrected chi connectivity index (χ4v) is 1.89. The molecule has 0 bridgehead atoms. The van der Waals surface area contributed by atoms with Crippen LogP contribution in [0.25, 0.3) is 0 Å². The van der Waals surface area contributed by atoms with Crippen LogP contribution in [-0.4, -0.2) is 23.1 Å². The van der Waals surface area contributed by atoms with Gasteiger partial charge in [0.25, 0.3) is 0 Å². The molecule has 0 radical (unpaired) electrons. The van der Waals surface area contributed by atoms with Gasteiger partial charge in [0.2, 0.25) is 5.90 Å². The zero-order valence-corrected chi connectivity index (χ0v) is 10.7. The molecule has 0 saturated carbocycles. The average molecular weight is 272 g/mol. The lowest BCUT2D eigenvalue weighted by Crippen LogP contribution is -2.16. The van der Waals surface area contributed by atoms with Crippen molar-refractivity contribution in [2.24, 2.45) is 4.99 Å². The van der Waals surface area contributed by atoms with E-state index >= 15 is 0 Å². The molecule has 5 heteroatoms. The molecule has 0 aliphatic carbocycles. The first-order chi connectivity index (χ1) is 8.11. The first-order valence-electron chi connectivity index (χ1n) is 5.16. The van der Waals surface area contributed by atoms with Gasteiger partial charge in [-0.05, 0) is 12.5 Å². The highest BCUT2D eigenvalue weighted by Gasteiger charge is 2.34. The number of nitrogens with zero attached hydrogens (tertiary/aromatic N) is 1. The van der Waals surface area contributed by atoms with E-state index in [1.165, 1.54) is 0 Å². The summed E-state index contributed by atoms with van der Waals surface area (Å²) < 4.78 is 5.51. The first kappa shape index (κ1) is 12.4. The summed E-state index contributed by atoms with van der Waals surface area (Å²) >= 11 is 11.4. The number of benzene rings is 1. The molecule has 0 N–H and O–H groups in total. The van der Waals surface area contributed by atoms with E-state index in [1.807, 2.05) is 31.2 Å². The van der Waals surface area contributed by atoms with Gasteiger partial charge in [-0.2, -0.15) is 0 Å². The van der Waals surface area contributed by atoms with Gasteiger partial charge in [-0.1, -0.05) is 53.0 Å². The van der Waals surface area contributed by atoms with Crippen molar-refractivity contribution in [1.29, 1.82) is 0 Å². The lowest BCUT2D eigenvalue weighted by atomic mass is 10.0. The molecule has 17 heavy (non-hydrogen) atoms. The van der Waals surface area contributed by atoms with E-state index in [9.17, 15) is 4.79 Å².